The summed E-state index contributed by atoms with van der Waals surface area (Å²) in [6.07, 6.45) is 0. The number of aromatic nitrogens is 2. The molecule has 0 spiro atoms. The van der Waals surface area contributed by atoms with Crippen molar-refractivity contribution in [2.75, 3.05) is 25.6 Å². The average Bonchev–Trinajstić information content (AvgIpc) is 2.85. The second-order valence-corrected chi connectivity index (χ2v) is 5.52. The lowest BCUT2D eigenvalue weighted by Gasteiger charge is -2.08. The summed E-state index contributed by atoms with van der Waals surface area (Å²) in [5, 5.41) is 5.89. The first kappa shape index (κ1) is 14.7. The highest BCUT2D eigenvalue weighted by Crippen LogP contribution is 2.25. The second-order valence-electron chi connectivity index (χ2n) is 4.67. The zero-order valence-corrected chi connectivity index (χ0v) is 13.0. The minimum atomic E-state index is -0.00348. The van der Waals surface area contributed by atoms with Crippen molar-refractivity contribution in [1.29, 1.82) is 0 Å². The first-order valence-electron chi connectivity index (χ1n) is 6.40. The highest BCUT2D eigenvalue weighted by atomic mass is 32.1. The quantitative estimate of drug-likeness (QED) is 0.859. The van der Waals surface area contributed by atoms with Crippen LogP contribution in [-0.4, -0.2) is 29.8 Å². The van der Waals surface area contributed by atoms with Gasteiger partial charge in [0.2, 0.25) is 0 Å². The Morgan fingerprint density at radius 3 is 2.90 bits per heavy atom. The molecular weight excluding hydrogens is 274 g/mol. The molecule has 0 atom stereocenters. The molecule has 0 radical (unpaired) electrons. The van der Waals surface area contributed by atoms with E-state index in [-0.39, 0.29) is 5.56 Å². The van der Waals surface area contributed by atoms with Gasteiger partial charge in [-0.05, 0) is 25.5 Å². The summed E-state index contributed by atoms with van der Waals surface area (Å²) in [4.78, 5) is 16.9. The summed E-state index contributed by atoms with van der Waals surface area (Å²) in [6, 6.07) is 2.01. The molecule has 5 nitrogen and oxygen atoms in total. The van der Waals surface area contributed by atoms with Crippen LogP contribution in [0.25, 0.3) is 11.3 Å². The molecule has 0 aliphatic carbocycles. The number of aryl methyl sites for hydroxylation is 2. The number of anilines is 1. The number of nitrogens with one attached hydrogen (secondary N) is 1. The Hall–Kier alpha value is -1.66. The van der Waals surface area contributed by atoms with Crippen molar-refractivity contribution >= 4 is 16.5 Å². The first-order chi connectivity index (χ1) is 9.54. The number of pyridine rings is 1. The van der Waals surface area contributed by atoms with Crippen molar-refractivity contribution in [3.63, 3.8) is 0 Å². The van der Waals surface area contributed by atoms with Gasteiger partial charge in [0.05, 0.1) is 17.9 Å². The Morgan fingerprint density at radius 2 is 2.20 bits per heavy atom. The van der Waals surface area contributed by atoms with Crippen molar-refractivity contribution in [1.82, 2.24) is 9.55 Å². The molecule has 2 rings (SSSR count). The molecular formula is C14H19N3O2S. The van der Waals surface area contributed by atoms with Crippen LogP contribution in [0.5, 0.6) is 0 Å². The molecule has 0 saturated carbocycles. The van der Waals surface area contributed by atoms with Gasteiger partial charge < -0.3 is 14.6 Å². The molecule has 0 saturated heterocycles. The zero-order valence-electron chi connectivity index (χ0n) is 12.2. The largest absolute Gasteiger partial charge is 0.383 e. The standard InChI is InChI=1S/C14H19N3O2S/c1-9-7-10(2)17(3)13(18)12(9)11-8-20-14(16-11)15-5-6-19-4/h7-8H,5-6H2,1-4H3,(H,15,16). The number of hydrogen-bond donors (Lipinski definition) is 1. The van der Waals surface area contributed by atoms with Crippen LogP contribution in [0.1, 0.15) is 11.3 Å². The molecule has 2 aromatic heterocycles. The van der Waals surface area contributed by atoms with E-state index >= 15 is 0 Å². The molecule has 0 bridgehead atoms. The predicted octanol–water partition coefficient (Wildman–Crippen LogP) is 2.18. The molecule has 0 fully saturated rings. The minimum Gasteiger partial charge on any atom is -0.383 e. The van der Waals surface area contributed by atoms with Crippen LogP contribution in [0.15, 0.2) is 16.2 Å². The van der Waals surface area contributed by atoms with Crippen molar-refractivity contribution in [2.24, 2.45) is 7.05 Å². The van der Waals surface area contributed by atoms with Gasteiger partial charge >= 0.3 is 0 Å². The van der Waals surface area contributed by atoms with Crippen LogP contribution >= 0.6 is 11.3 Å². The van der Waals surface area contributed by atoms with E-state index in [0.717, 1.165) is 22.1 Å². The molecule has 6 heteroatoms. The molecule has 0 aliphatic rings. The SMILES string of the molecule is COCCNc1nc(-c2c(C)cc(C)n(C)c2=O)cs1. The fourth-order valence-corrected chi connectivity index (χ4v) is 2.75. The molecule has 0 aliphatic heterocycles. The summed E-state index contributed by atoms with van der Waals surface area (Å²) in [5.74, 6) is 0. The van der Waals surface area contributed by atoms with Crippen LogP contribution in [-0.2, 0) is 11.8 Å². The molecule has 0 unspecified atom stereocenters. The van der Waals surface area contributed by atoms with Crippen LogP contribution < -0.4 is 10.9 Å². The number of ether oxygens (including phenoxy) is 1. The van der Waals surface area contributed by atoms with Gasteiger partial charge in [0, 0.05) is 31.8 Å². The fraction of sp³-hybridized carbons (Fsp3) is 0.429. The van der Waals surface area contributed by atoms with E-state index < -0.39 is 0 Å². The van der Waals surface area contributed by atoms with Gasteiger partial charge in [-0.1, -0.05) is 0 Å². The highest BCUT2D eigenvalue weighted by molar-refractivity contribution is 7.14. The maximum absolute atomic E-state index is 12.4. The van der Waals surface area contributed by atoms with Crippen LogP contribution in [0.4, 0.5) is 5.13 Å². The second kappa shape index (κ2) is 6.19. The predicted molar refractivity (Wildman–Crippen MR) is 82.6 cm³/mol. The third-order valence-corrected chi connectivity index (χ3v) is 4.01. The Balaban J connectivity index is 2.33. The van der Waals surface area contributed by atoms with E-state index in [0.29, 0.717) is 18.7 Å². The minimum absolute atomic E-state index is 0.00348. The lowest BCUT2D eigenvalue weighted by atomic mass is 10.1. The Morgan fingerprint density at radius 1 is 1.45 bits per heavy atom. The lowest BCUT2D eigenvalue weighted by molar-refractivity contribution is 0.211. The molecule has 0 amide bonds. The number of hydrogen-bond acceptors (Lipinski definition) is 5. The summed E-state index contributed by atoms with van der Waals surface area (Å²) >= 11 is 1.50. The van der Waals surface area contributed by atoms with E-state index in [4.69, 9.17) is 4.74 Å². The molecule has 2 aromatic rings. The molecule has 108 valence electrons. The molecule has 1 N–H and O–H groups in total. The van der Waals surface area contributed by atoms with E-state index in [1.807, 2.05) is 25.3 Å². The lowest BCUT2D eigenvalue weighted by Crippen LogP contribution is -2.21. The van der Waals surface area contributed by atoms with Gasteiger partial charge in [-0.3, -0.25) is 4.79 Å². The number of methoxy groups -OCH3 is 1. The highest BCUT2D eigenvalue weighted by Gasteiger charge is 2.13. The van der Waals surface area contributed by atoms with Crippen molar-refractivity contribution in [2.45, 2.75) is 13.8 Å². The number of nitrogens with zero attached hydrogens (tertiary/aromatic N) is 2. The van der Waals surface area contributed by atoms with Crippen LogP contribution in [0, 0.1) is 13.8 Å². The maximum Gasteiger partial charge on any atom is 0.260 e. The topological polar surface area (TPSA) is 56.1 Å². The Kier molecular flexibility index (Phi) is 4.57. The van der Waals surface area contributed by atoms with Crippen LogP contribution in [0.2, 0.25) is 0 Å². The Bertz CT molecular complexity index is 661. The zero-order chi connectivity index (χ0) is 14.7. The summed E-state index contributed by atoms with van der Waals surface area (Å²) < 4.78 is 6.64. The average molecular weight is 293 g/mol. The van der Waals surface area contributed by atoms with Gasteiger partial charge in [0.25, 0.3) is 5.56 Å². The van der Waals surface area contributed by atoms with E-state index in [2.05, 4.69) is 10.3 Å². The summed E-state index contributed by atoms with van der Waals surface area (Å²) in [5.41, 5.74) is 3.31. The van der Waals surface area contributed by atoms with Crippen molar-refractivity contribution < 1.29 is 4.74 Å². The van der Waals surface area contributed by atoms with E-state index in [1.54, 1.807) is 18.7 Å². The molecule has 0 aromatic carbocycles. The monoisotopic (exact) mass is 293 g/mol. The number of thiazole rings is 1. The normalized spacial score (nSPS) is 10.8. The smallest absolute Gasteiger partial charge is 0.260 e. The molecule has 20 heavy (non-hydrogen) atoms. The van der Waals surface area contributed by atoms with Gasteiger partial charge in [-0.2, -0.15) is 0 Å². The number of rotatable bonds is 5. The van der Waals surface area contributed by atoms with Crippen LogP contribution in [0.3, 0.4) is 0 Å². The van der Waals surface area contributed by atoms with Gasteiger partial charge in [0.15, 0.2) is 5.13 Å². The summed E-state index contributed by atoms with van der Waals surface area (Å²) in [6.45, 7) is 5.20. The van der Waals surface area contributed by atoms with Gasteiger partial charge in [0.1, 0.15) is 0 Å². The maximum atomic E-state index is 12.4. The van der Waals surface area contributed by atoms with Gasteiger partial charge in [-0.15, -0.1) is 11.3 Å². The van der Waals surface area contributed by atoms with Crippen molar-refractivity contribution in [3.05, 3.63) is 33.1 Å². The van der Waals surface area contributed by atoms with E-state index in [1.165, 1.54) is 11.3 Å². The van der Waals surface area contributed by atoms with Gasteiger partial charge in [-0.25, -0.2) is 4.98 Å². The van der Waals surface area contributed by atoms with E-state index in [9.17, 15) is 4.79 Å². The van der Waals surface area contributed by atoms with Crippen molar-refractivity contribution in [3.8, 4) is 11.3 Å². The Labute approximate surface area is 122 Å². The fourth-order valence-electron chi connectivity index (χ4n) is 2.02. The summed E-state index contributed by atoms with van der Waals surface area (Å²) in [7, 11) is 3.44. The third kappa shape index (κ3) is 2.91. The third-order valence-electron chi connectivity index (χ3n) is 3.21. The molecule has 2 heterocycles. The first-order valence-corrected chi connectivity index (χ1v) is 7.28.